The third-order valence-corrected chi connectivity index (χ3v) is 1.94. The van der Waals surface area contributed by atoms with E-state index >= 15 is 0 Å². The van der Waals surface area contributed by atoms with Crippen molar-refractivity contribution in [2.24, 2.45) is 0 Å². The van der Waals surface area contributed by atoms with Gasteiger partial charge in [0.05, 0.1) is 0 Å². The molecule has 0 fully saturated rings. The molecule has 0 bridgehead atoms. The van der Waals surface area contributed by atoms with E-state index in [2.05, 4.69) is 5.32 Å². The first kappa shape index (κ1) is 12.2. The van der Waals surface area contributed by atoms with Gasteiger partial charge < -0.3 is 5.32 Å². The highest BCUT2D eigenvalue weighted by molar-refractivity contribution is 5.79. The number of benzene rings is 1. The van der Waals surface area contributed by atoms with Gasteiger partial charge >= 0.3 is 0 Å². The number of nitrogens with one attached hydrogen (secondary N) is 1. The van der Waals surface area contributed by atoms with Crippen molar-refractivity contribution in [2.75, 3.05) is 13.6 Å². The molecule has 1 rings (SSSR count). The maximum atomic E-state index is 11.0. The summed E-state index contributed by atoms with van der Waals surface area (Å²) in [6.45, 7) is 0.156. The van der Waals surface area contributed by atoms with E-state index in [1.807, 2.05) is 30.3 Å². The molecule has 0 saturated carbocycles. The number of hydroxylamine groups is 2. The van der Waals surface area contributed by atoms with Crippen molar-refractivity contribution in [1.29, 1.82) is 0 Å². The molecule has 0 aliphatic heterocycles. The van der Waals surface area contributed by atoms with E-state index in [-0.39, 0.29) is 19.1 Å². The average Bonchev–Trinajstić information content (AvgIpc) is 2.35. The van der Waals surface area contributed by atoms with Crippen molar-refractivity contribution in [2.45, 2.75) is 6.61 Å². The summed E-state index contributed by atoms with van der Waals surface area (Å²) in [4.78, 5) is 26.8. The van der Waals surface area contributed by atoms with Gasteiger partial charge in [-0.1, -0.05) is 30.3 Å². The first-order valence-electron chi connectivity index (χ1n) is 4.85. The van der Waals surface area contributed by atoms with Crippen molar-refractivity contribution < 1.29 is 14.4 Å². The number of hydrogen-bond donors (Lipinski definition) is 1. The maximum absolute atomic E-state index is 11.0. The van der Waals surface area contributed by atoms with Crippen LogP contribution in [0.15, 0.2) is 30.3 Å². The zero-order valence-electron chi connectivity index (χ0n) is 9.05. The molecular formula is C11H14N2O3. The van der Waals surface area contributed by atoms with Crippen LogP contribution in [0.2, 0.25) is 0 Å². The zero-order valence-corrected chi connectivity index (χ0v) is 9.05. The van der Waals surface area contributed by atoms with Gasteiger partial charge in [0, 0.05) is 7.05 Å². The lowest BCUT2D eigenvalue weighted by molar-refractivity contribution is -0.180. The van der Waals surface area contributed by atoms with Crippen molar-refractivity contribution in [3.63, 3.8) is 0 Å². The highest BCUT2D eigenvalue weighted by atomic mass is 16.7. The monoisotopic (exact) mass is 222 g/mol. The van der Waals surface area contributed by atoms with Crippen molar-refractivity contribution in [3.05, 3.63) is 35.9 Å². The summed E-state index contributed by atoms with van der Waals surface area (Å²) >= 11 is 0. The number of carbonyl (C=O) groups is 2. The quantitative estimate of drug-likeness (QED) is 0.557. The van der Waals surface area contributed by atoms with Crippen LogP contribution >= 0.6 is 0 Å². The molecule has 0 heterocycles. The van der Waals surface area contributed by atoms with Gasteiger partial charge in [0.25, 0.3) is 0 Å². The van der Waals surface area contributed by atoms with E-state index in [4.69, 9.17) is 4.84 Å². The number of nitrogens with zero attached hydrogens (tertiary/aromatic N) is 1. The molecule has 86 valence electrons. The second-order valence-corrected chi connectivity index (χ2v) is 3.11. The predicted molar refractivity (Wildman–Crippen MR) is 58.1 cm³/mol. The summed E-state index contributed by atoms with van der Waals surface area (Å²) in [6, 6.07) is 9.41. The van der Waals surface area contributed by atoms with Crippen LogP contribution in [0, 0.1) is 0 Å². The lowest BCUT2D eigenvalue weighted by atomic mass is 10.2. The molecule has 5 heteroatoms. The fraction of sp³-hybridized carbons (Fsp3) is 0.273. The van der Waals surface area contributed by atoms with Gasteiger partial charge in [-0.25, -0.2) is 5.06 Å². The van der Waals surface area contributed by atoms with Crippen LogP contribution in [0.25, 0.3) is 0 Å². The molecule has 0 aliphatic rings. The maximum Gasteiger partial charge on any atom is 0.242 e. The number of carbonyl (C=O) groups excluding carboxylic acids is 2. The van der Waals surface area contributed by atoms with E-state index in [9.17, 15) is 9.59 Å². The van der Waals surface area contributed by atoms with Gasteiger partial charge in [0.2, 0.25) is 12.3 Å². The Balaban J connectivity index is 2.40. The Morgan fingerprint density at radius 2 is 2.12 bits per heavy atom. The Morgan fingerprint density at radius 1 is 1.44 bits per heavy atom. The zero-order chi connectivity index (χ0) is 11.8. The molecule has 0 unspecified atom stereocenters. The van der Waals surface area contributed by atoms with Crippen molar-refractivity contribution in [3.8, 4) is 0 Å². The van der Waals surface area contributed by atoms with E-state index < -0.39 is 0 Å². The number of likely N-dealkylation sites (N-methyl/N-ethyl adjacent to an activating group) is 1. The second-order valence-electron chi connectivity index (χ2n) is 3.11. The molecule has 2 amide bonds. The molecule has 5 nitrogen and oxygen atoms in total. The second kappa shape index (κ2) is 6.58. The Kier molecular flexibility index (Phi) is 5.01. The Labute approximate surface area is 94.0 Å². The summed E-state index contributed by atoms with van der Waals surface area (Å²) in [5.74, 6) is -0.278. The Bertz CT molecular complexity index is 340. The number of hydrogen-bond acceptors (Lipinski definition) is 3. The lowest BCUT2D eigenvalue weighted by Gasteiger charge is -2.15. The number of amides is 2. The van der Waals surface area contributed by atoms with E-state index in [1.165, 1.54) is 7.05 Å². The van der Waals surface area contributed by atoms with Gasteiger partial charge in [0.1, 0.15) is 13.2 Å². The van der Waals surface area contributed by atoms with Crippen LogP contribution in [0.4, 0.5) is 0 Å². The summed E-state index contributed by atoms with van der Waals surface area (Å²) in [6.07, 6.45) is 0.484. The molecule has 0 aliphatic carbocycles. The van der Waals surface area contributed by atoms with Gasteiger partial charge in [-0.05, 0) is 5.56 Å². The van der Waals surface area contributed by atoms with E-state index in [0.29, 0.717) is 6.41 Å². The van der Waals surface area contributed by atoms with Crippen molar-refractivity contribution in [1.82, 2.24) is 10.4 Å². The first-order valence-corrected chi connectivity index (χ1v) is 4.85. The minimum Gasteiger partial charge on any atom is -0.358 e. The third-order valence-electron chi connectivity index (χ3n) is 1.94. The number of rotatable bonds is 6. The molecule has 0 saturated heterocycles. The Hall–Kier alpha value is -1.88. The van der Waals surface area contributed by atoms with Gasteiger partial charge in [-0.15, -0.1) is 0 Å². The van der Waals surface area contributed by atoms with Gasteiger partial charge in [0.15, 0.2) is 0 Å². The lowest BCUT2D eigenvalue weighted by Crippen LogP contribution is -2.34. The molecule has 0 spiro atoms. The Morgan fingerprint density at radius 3 is 2.69 bits per heavy atom. The van der Waals surface area contributed by atoms with Crippen LogP contribution in [-0.4, -0.2) is 31.0 Å². The smallest absolute Gasteiger partial charge is 0.242 e. The fourth-order valence-electron chi connectivity index (χ4n) is 1.07. The summed E-state index contributed by atoms with van der Waals surface area (Å²) in [5.41, 5.74) is 0.936. The third kappa shape index (κ3) is 4.10. The summed E-state index contributed by atoms with van der Waals surface area (Å²) < 4.78 is 0. The van der Waals surface area contributed by atoms with Gasteiger partial charge in [-0.3, -0.25) is 14.4 Å². The first-order chi connectivity index (χ1) is 7.76. The highest BCUT2D eigenvalue weighted by Gasteiger charge is 2.07. The van der Waals surface area contributed by atoms with Gasteiger partial charge in [-0.2, -0.15) is 0 Å². The summed E-state index contributed by atoms with van der Waals surface area (Å²) in [5, 5.41) is 3.37. The molecule has 1 aromatic rings. The topological polar surface area (TPSA) is 58.6 Å². The molecular weight excluding hydrogens is 208 g/mol. The van der Waals surface area contributed by atoms with Crippen LogP contribution in [0.3, 0.4) is 0 Å². The molecule has 1 N–H and O–H groups in total. The standard InChI is InChI=1S/C11H14N2O3/c1-12-11(15)7-13(9-14)16-8-10-5-3-2-4-6-10/h2-6,9H,7-8H2,1H3,(H,12,15). The SMILES string of the molecule is CNC(=O)CN(C=O)OCc1ccccc1. The largest absolute Gasteiger partial charge is 0.358 e. The fourth-order valence-corrected chi connectivity index (χ4v) is 1.07. The minimum absolute atomic E-state index is 0.104. The van der Waals surface area contributed by atoms with Crippen molar-refractivity contribution >= 4 is 12.3 Å². The highest BCUT2D eigenvalue weighted by Crippen LogP contribution is 2.01. The average molecular weight is 222 g/mol. The van der Waals surface area contributed by atoms with Crippen LogP contribution in [0.1, 0.15) is 5.56 Å². The summed E-state index contributed by atoms with van der Waals surface area (Å²) in [7, 11) is 1.50. The van der Waals surface area contributed by atoms with Crippen LogP contribution < -0.4 is 5.32 Å². The van der Waals surface area contributed by atoms with Crippen LogP contribution in [-0.2, 0) is 21.0 Å². The molecule has 0 atom stereocenters. The molecule has 0 radical (unpaired) electrons. The normalized spacial score (nSPS) is 9.56. The van der Waals surface area contributed by atoms with E-state index in [0.717, 1.165) is 10.6 Å². The minimum atomic E-state index is -0.278. The molecule has 16 heavy (non-hydrogen) atoms. The van der Waals surface area contributed by atoms with Crippen LogP contribution in [0.5, 0.6) is 0 Å². The molecule has 1 aromatic carbocycles. The van der Waals surface area contributed by atoms with E-state index in [1.54, 1.807) is 0 Å². The molecule has 0 aromatic heterocycles. The predicted octanol–water partition coefficient (Wildman–Crippen LogP) is 0.323.